The van der Waals surface area contributed by atoms with E-state index < -0.39 is 16.3 Å². The van der Waals surface area contributed by atoms with Gasteiger partial charge < -0.3 is 15.6 Å². The summed E-state index contributed by atoms with van der Waals surface area (Å²) in [5, 5.41) is 10.1. The molecule has 0 amide bonds. The number of methoxy groups -OCH3 is 1. The van der Waals surface area contributed by atoms with E-state index in [9.17, 15) is 13.5 Å². The Morgan fingerprint density at radius 3 is 2.29 bits per heavy atom. The van der Waals surface area contributed by atoms with Crippen LogP contribution in [0.5, 0.6) is 5.75 Å². The summed E-state index contributed by atoms with van der Waals surface area (Å²) in [4.78, 5) is 0.125. The van der Waals surface area contributed by atoms with Gasteiger partial charge in [0.1, 0.15) is 12.0 Å². The Kier molecular flexibility index (Phi) is 6.60. The highest BCUT2D eigenvalue weighted by molar-refractivity contribution is 7.89. The Labute approximate surface area is 126 Å². The lowest BCUT2D eigenvalue weighted by atomic mass is 10.2. The molecule has 0 heterocycles. The van der Waals surface area contributed by atoms with Crippen LogP contribution in [0.1, 0.15) is 20.3 Å². The first kappa shape index (κ1) is 17.9. The van der Waals surface area contributed by atoms with Crippen molar-refractivity contribution in [2.75, 3.05) is 20.2 Å². The van der Waals surface area contributed by atoms with Gasteiger partial charge in [0, 0.05) is 13.0 Å². The first-order valence-corrected chi connectivity index (χ1v) is 8.31. The number of aliphatic hydroxyl groups excluding tert-OH is 1. The van der Waals surface area contributed by atoms with Crippen molar-refractivity contribution in [3.05, 3.63) is 24.3 Å². The molecule has 0 bridgehead atoms. The SMILES string of the molecule is COc1ccc(S(=O)(=O)N(CC(C)C)C(O)CCN)cc1. The van der Waals surface area contributed by atoms with E-state index in [2.05, 4.69) is 0 Å². The fraction of sp³-hybridized carbons (Fsp3) is 0.571. The lowest BCUT2D eigenvalue weighted by molar-refractivity contribution is 0.0512. The van der Waals surface area contributed by atoms with Gasteiger partial charge in [-0.2, -0.15) is 4.31 Å². The van der Waals surface area contributed by atoms with E-state index in [1.54, 1.807) is 12.1 Å². The molecule has 1 atom stereocenters. The Hall–Kier alpha value is -1.15. The third-order valence-corrected chi connectivity index (χ3v) is 4.85. The van der Waals surface area contributed by atoms with Crippen molar-refractivity contribution in [1.82, 2.24) is 4.31 Å². The normalized spacial score (nSPS) is 13.7. The fourth-order valence-electron chi connectivity index (χ4n) is 1.92. The van der Waals surface area contributed by atoms with E-state index in [4.69, 9.17) is 10.5 Å². The Bertz CT molecular complexity index is 528. The van der Waals surface area contributed by atoms with Gasteiger partial charge in [0.15, 0.2) is 0 Å². The molecule has 0 saturated heterocycles. The van der Waals surface area contributed by atoms with Gasteiger partial charge in [0.2, 0.25) is 10.0 Å². The predicted octanol–water partition coefficient (Wildman–Crippen LogP) is 1.01. The Morgan fingerprint density at radius 1 is 1.29 bits per heavy atom. The van der Waals surface area contributed by atoms with Crippen LogP contribution in [0.2, 0.25) is 0 Å². The monoisotopic (exact) mass is 316 g/mol. The Balaban J connectivity index is 3.12. The average molecular weight is 316 g/mol. The van der Waals surface area contributed by atoms with E-state index >= 15 is 0 Å². The second-order valence-electron chi connectivity index (χ2n) is 5.20. The van der Waals surface area contributed by atoms with Crippen LogP contribution in [0.3, 0.4) is 0 Å². The van der Waals surface area contributed by atoms with Gasteiger partial charge in [-0.05, 0) is 36.7 Å². The minimum Gasteiger partial charge on any atom is -0.497 e. The summed E-state index contributed by atoms with van der Waals surface area (Å²) < 4.78 is 31.5. The van der Waals surface area contributed by atoms with Gasteiger partial charge in [-0.15, -0.1) is 0 Å². The summed E-state index contributed by atoms with van der Waals surface area (Å²) in [6.07, 6.45) is -0.924. The minimum atomic E-state index is -3.77. The van der Waals surface area contributed by atoms with Crippen molar-refractivity contribution in [3.8, 4) is 5.75 Å². The van der Waals surface area contributed by atoms with Crippen molar-refractivity contribution in [2.24, 2.45) is 11.7 Å². The van der Waals surface area contributed by atoms with Gasteiger partial charge in [-0.3, -0.25) is 0 Å². The van der Waals surface area contributed by atoms with E-state index in [-0.39, 0.29) is 30.3 Å². The molecule has 0 aliphatic carbocycles. The average Bonchev–Trinajstić information content (AvgIpc) is 2.44. The number of nitrogens with zero attached hydrogens (tertiary/aromatic N) is 1. The molecule has 1 rings (SSSR count). The molecule has 0 spiro atoms. The number of benzene rings is 1. The van der Waals surface area contributed by atoms with Crippen LogP contribution >= 0.6 is 0 Å². The number of nitrogens with two attached hydrogens (primary N) is 1. The van der Waals surface area contributed by atoms with Crippen molar-refractivity contribution >= 4 is 10.0 Å². The maximum atomic E-state index is 12.7. The van der Waals surface area contributed by atoms with Gasteiger partial charge in [-0.25, -0.2) is 8.42 Å². The summed E-state index contributed by atoms with van der Waals surface area (Å²) >= 11 is 0. The molecule has 0 fully saturated rings. The zero-order valence-electron chi connectivity index (χ0n) is 12.7. The van der Waals surface area contributed by atoms with Crippen LogP contribution in [0.25, 0.3) is 0 Å². The largest absolute Gasteiger partial charge is 0.497 e. The zero-order valence-corrected chi connectivity index (χ0v) is 13.5. The quantitative estimate of drug-likeness (QED) is 0.698. The second-order valence-corrected chi connectivity index (χ2v) is 7.09. The number of rotatable bonds is 8. The molecular weight excluding hydrogens is 292 g/mol. The van der Waals surface area contributed by atoms with Crippen molar-refractivity contribution in [3.63, 3.8) is 0 Å². The van der Waals surface area contributed by atoms with E-state index in [0.29, 0.717) is 5.75 Å². The van der Waals surface area contributed by atoms with Gasteiger partial charge in [-0.1, -0.05) is 13.8 Å². The molecule has 0 aliphatic heterocycles. The molecule has 1 unspecified atom stereocenters. The van der Waals surface area contributed by atoms with Gasteiger partial charge in [0.05, 0.1) is 12.0 Å². The summed E-state index contributed by atoms with van der Waals surface area (Å²) in [6.45, 7) is 4.24. The highest BCUT2D eigenvalue weighted by Crippen LogP contribution is 2.22. The number of ether oxygens (including phenoxy) is 1. The van der Waals surface area contributed by atoms with Crippen LogP contribution in [-0.2, 0) is 10.0 Å². The molecule has 1 aromatic rings. The first-order chi connectivity index (χ1) is 9.82. The maximum absolute atomic E-state index is 12.7. The molecule has 6 nitrogen and oxygen atoms in total. The number of aliphatic hydroxyl groups is 1. The van der Waals surface area contributed by atoms with Crippen LogP contribution in [-0.4, -0.2) is 44.3 Å². The van der Waals surface area contributed by atoms with Crippen molar-refractivity contribution < 1.29 is 18.3 Å². The summed E-state index contributed by atoms with van der Waals surface area (Å²) in [5.74, 6) is 0.664. The molecular formula is C14H24N2O4S. The van der Waals surface area contributed by atoms with E-state index in [0.717, 1.165) is 4.31 Å². The smallest absolute Gasteiger partial charge is 0.245 e. The molecule has 0 radical (unpaired) electrons. The first-order valence-electron chi connectivity index (χ1n) is 6.87. The maximum Gasteiger partial charge on any atom is 0.245 e. The molecule has 3 N–H and O–H groups in total. The highest BCUT2D eigenvalue weighted by atomic mass is 32.2. The predicted molar refractivity (Wildman–Crippen MR) is 81.4 cm³/mol. The fourth-order valence-corrected chi connectivity index (χ4v) is 3.59. The highest BCUT2D eigenvalue weighted by Gasteiger charge is 2.30. The van der Waals surface area contributed by atoms with Gasteiger partial charge >= 0.3 is 0 Å². The number of sulfonamides is 1. The van der Waals surface area contributed by atoms with Crippen LogP contribution in [0, 0.1) is 5.92 Å². The minimum absolute atomic E-state index is 0.0884. The molecule has 0 aromatic heterocycles. The topological polar surface area (TPSA) is 92.9 Å². The van der Waals surface area contributed by atoms with Crippen molar-refractivity contribution in [1.29, 1.82) is 0 Å². The molecule has 0 saturated carbocycles. The second kappa shape index (κ2) is 7.74. The lowest BCUT2D eigenvalue weighted by Gasteiger charge is -2.28. The van der Waals surface area contributed by atoms with Gasteiger partial charge in [0.25, 0.3) is 0 Å². The lowest BCUT2D eigenvalue weighted by Crippen LogP contribution is -2.43. The zero-order chi connectivity index (χ0) is 16.0. The van der Waals surface area contributed by atoms with Crippen molar-refractivity contribution in [2.45, 2.75) is 31.4 Å². The molecule has 0 aliphatic rings. The standard InChI is InChI=1S/C14H24N2O4S/c1-11(2)10-16(14(17)8-9-15)21(18,19)13-6-4-12(20-3)5-7-13/h4-7,11,14,17H,8-10,15H2,1-3H3. The van der Waals surface area contributed by atoms with Crippen LogP contribution in [0.15, 0.2) is 29.2 Å². The third-order valence-electron chi connectivity index (χ3n) is 2.97. The van der Waals surface area contributed by atoms with E-state index in [1.807, 2.05) is 13.8 Å². The third kappa shape index (κ3) is 4.67. The number of hydrogen-bond acceptors (Lipinski definition) is 5. The summed E-state index contributed by atoms with van der Waals surface area (Å²) in [6, 6.07) is 6.10. The molecule has 1 aromatic carbocycles. The molecule has 120 valence electrons. The molecule has 7 heteroatoms. The Morgan fingerprint density at radius 2 is 1.86 bits per heavy atom. The van der Waals surface area contributed by atoms with Crippen LogP contribution in [0.4, 0.5) is 0 Å². The van der Waals surface area contributed by atoms with E-state index in [1.165, 1.54) is 19.2 Å². The summed E-state index contributed by atoms with van der Waals surface area (Å²) in [7, 11) is -2.26. The summed E-state index contributed by atoms with van der Waals surface area (Å²) in [5.41, 5.74) is 5.42. The molecule has 21 heavy (non-hydrogen) atoms. The number of hydrogen-bond donors (Lipinski definition) is 2. The van der Waals surface area contributed by atoms with Crippen LogP contribution < -0.4 is 10.5 Å².